The van der Waals surface area contributed by atoms with Gasteiger partial charge in [0.2, 0.25) is 5.88 Å². The van der Waals surface area contributed by atoms with E-state index < -0.39 is 0 Å². The van der Waals surface area contributed by atoms with Crippen LogP contribution in [0.3, 0.4) is 0 Å². The van der Waals surface area contributed by atoms with Gasteiger partial charge in [0, 0.05) is 24.2 Å². The number of fused-ring (bicyclic) bond motifs is 1. The normalized spacial score (nSPS) is 13.8. The third-order valence-electron chi connectivity index (χ3n) is 4.00. The van der Waals surface area contributed by atoms with Gasteiger partial charge in [0.15, 0.2) is 4.80 Å². The molecule has 0 saturated heterocycles. The Labute approximate surface area is 157 Å². The van der Waals surface area contributed by atoms with E-state index in [4.69, 9.17) is 11.6 Å². The van der Waals surface area contributed by atoms with E-state index >= 15 is 0 Å². The Bertz CT molecular complexity index is 1230. The van der Waals surface area contributed by atoms with Crippen LogP contribution in [0.4, 0.5) is 5.69 Å². The first kappa shape index (κ1) is 16.7. The number of aromatic hydroxyl groups is 1. The van der Waals surface area contributed by atoms with Crippen molar-refractivity contribution in [3.63, 3.8) is 0 Å². The van der Waals surface area contributed by atoms with Crippen molar-refractivity contribution in [2.24, 2.45) is 9.98 Å². The lowest BCUT2D eigenvalue weighted by Crippen LogP contribution is -2.22. The smallest absolute Gasteiger partial charge is 0.279 e. The van der Waals surface area contributed by atoms with Crippen molar-refractivity contribution in [2.75, 3.05) is 0 Å². The molecule has 130 valence electrons. The third-order valence-corrected chi connectivity index (χ3v) is 5.38. The summed E-state index contributed by atoms with van der Waals surface area (Å²) in [6.07, 6.45) is 3.11. The van der Waals surface area contributed by atoms with Crippen LogP contribution in [0.2, 0.25) is 5.02 Å². The number of benzene rings is 1. The van der Waals surface area contributed by atoms with Crippen LogP contribution in [0.25, 0.3) is 5.57 Å². The summed E-state index contributed by atoms with van der Waals surface area (Å²) in [6.45, 7) is 2.38. The monoisotopic (exact) mass is 384 g/mol. The summed E-state index contributed by atoms with van der Waals surface area (Å²) in [7, 11) is 0. The Morgan fingerprint density at radius 2 is 2.12 bits per heavy atom. The molecule has 1 N–H and O–H groups in total. The van der Waals surface area contributed by atoms with Gasteiger partial charge in [-0.05, 0) is 19.1 Å². The van der Waals surface area contributed by atoms with Gasteiger partial charge in [0.25, 0.3) is 5.91 Å². The van der Waals surface area contributed by atoms with Gasteiger partial charge in [-0.3, -0.25) is 14.3 Å². The van der Waals surface area contributed by atoms with Crippen LogP contribution in [0.5, 0.6) is 5.88 Å². The quantitative estimate of drug-likeness (QED) is 0.749. The molecule has 1 aliphatic rings. The van der Waals surface area contributed by atoms with E-state index in [1.54, 1.807) is 22.9 Å². The average molecular weight is 385 g/mol. The molecule has 0 unspecified atom stereocenters. The maximum absolute atomic E-state index is 12.4. The van der Waals surface area contributed by atoms with Crippen molar-refractivity contribution in [2.45, 2.75) is 13.5 Å². The molecule has 0 radical (unpaired) electrons. The van der Waals surface area contributed by atoms with Gasteiger partial charge in [-0.1, -0.05) is 41.1 Å². The highest BCUT2D eigenvalue weighted by Crippen LogP contribution is 2.29. The minimum atomic E-state index is -0.362. The minimum Gasteiger partial charge on any atom is -0.493 e. The number of carbonyl (C=O) groups is 1. The van der Waals surface area contributed by atoms with Crippen LogP contribution in [-0.4, -0.2) is 20.6 Å². The average Bonchev–Trinajstić information content (AvgIpc) is 3.12. The molecule has 0 saturated carbocycles. The highest BCUT2D eigenvalue weighted by molar-refractivity contribution is 7.11. The standard InChI is InChI=1S/C18H13ClN4O2S/c1-2-23-17(25)15(14-10-5-3-4-6-12(10)21-16(14)24)26-18(23)22-13-7-8-20-9-11(13)19/h3-9,25H,2H2,1H3. The molecule has 8 heteroatoms. The Morgan fingerprint density at radius 3 is 2.88 bits per heavy atom. The van der Waals surface area contributed by atoms with Crippen molar-refractivity contribution in [3.05, 3.63) is 68.0 Å². The topological polar surface area (TPSA) is 79.8 Å². The summed E-state index contributed by atoms with van der Waals surface area (Å²) < 4.78 is 1.64. The minimum absolute atomic E-state index is 0.00307. The molecule has 26 heavy (non-hydrogen) atoms. The van der Waals surface area contributed by atoms with Gasteiger partial charge in [0.05, 0.1) is 21.6 Å². The van der Waals surface area contributed by atoms with E-state index in [2.05, 4.69) is 15.0 Å². The molecule has 3 aromatic rings. The molecule has 0 fully saturated rings. The van der Waals surface area contributed by atoms with Gasteiger partial charge in [-0.2, -0.15) is 0 Å². The van der Waals surface area contributed by atoms with Crippen LogP contribution in [0.15, 0.2) is 52.7 Å². The number of pyridine rings is 1. The second kappa shape index (κ2) is 6.51. The maximum atomic E-state index is 12.4. The highest BCUT2D eigenvalue weighted by atomic mass is 35.5. The third kappa shape index (κ3) is 2.65. The number of rotatable bonds is 3. The zero-order chi connectivity index (χ0) is 18.3. The maximum Gasteiger partial charge on any atom is 0.279 e. The zero-order valence-corrected chi connectivity index (χ0v) is 15.3. The molecule has 0 bridgehead atoms. The van der Waals surface area contributed by atoms with E-state index in [0.29, 0.717) is 43.1 Å². The number of amides is 1. The molecule has 0 aliphatic carbocycles. The van der Waals surface area contributed by atoms with Gasteiger partial charge in [-0.25, -0.2) is 9.98 Å². The summed E-state index contributed by atoms with van der Waals surface area (Å²) in [5.74, 6) is -0.365. The summed E-state index contributed by atoms with van der Waals surface area (Å²) >= 11 is 7.36. The zero-order valence-electron chi connectivity index (χ0n) is 13.7. The van der Waals surface area contributed by atoms with Gasteiger partial charge < -0.3 is 5.11 Å². The molecule has 0 atom stereocenters. The van der Waals surface area contributed by atoms with Crippen LogP contribution >= 0.6 is 22.9 Å². The molecule has 6 nitrogen and oxygen atoms in total. The molecule has 0 spiro atoms. The lowest BCUT2D eigenvalue weighted by Gasteiger charge is -2.01. The van der Waals surface area contributed by atoms with Crippen molar-refractivity contribution in [3.8, 4) is 5.88 Å². The van der Waals surface area contributed by atoms with Crippen LogP contribution in [0, 0.1) is 0 Å². The van der Waals surface area contributed by atoms with E-state index in [1.165, 1.54) is 17.5 Å². The van der Waals surface area contributed by atoms with Crippen LogP contribution in [0.1, 0.15) is 11.8 Å². The van der Waals surface area contributed by atoms with E-state index in [0.717, 1.165) is 0 Å². The largest absolute Gasteiger partial charge is 0.493 e. The van der Waals surface area contributed by atoms with Crippen LogP contribution in [-0.2, 0) is 11.3 Å². The number of hydrogen-bond donors (Lipinski definition) is 1. The Hall–Kier alpha value is -2.77. The molecule has 1 amide bonds. The molecule has 1 aromatic carbocycles. The van der Waals surface area contributed by atoms with Gasteiger partial charge >= 0.3 is 0 Å². The SMILES string of the molecule is CCn1c(O)c(C2=c3ccccc3=NC2=O)sc1=Nc1ccncc1Cl. The van der Waals surface area contributed by atoms with Crippen LogP contribution < -0.4 is 15.4 Å². The Balaban J connectivity index is 2.00. The van der Waals surface area contributed by atoms with E-state index in [1.807, 2.05) is 25.1 Å². The second-order valence-electron chi connectivity index (χ2n) is 5.53. The summed E-state index contributed by atoms with van der Waals surface area (Å²) in [5.41, 5.74) is 0.942. The number of carbonyl (C=O) groups excluding carboxylic acids is 1. The van der Waals surface area contributed by atoms with Gasteiger partial charge in [0.1, 0.15) is 4.88 Å². The number of halogens is 1. The Kier molecular flexibility index (Phi) is 4.18. The van der Waals surface area contributed by atoms with Crippen molar-refractivity contribution >= 4 is 40.1 Å². The fourth-order valence-electron chi connectivity index (χ4n) is 2.78. The lowest BCUT2D eigenvalue weighted by atomic mass is 10.1. The molecule has 4 rings (SSSR count). The highest BCUT2D eigenvalue weighted by Gasteiger charge is 2.25. The van der Waals surface area contributed by atoms with E-state index in [9.17, 15) is 9.90 Å². The lowest BCUT2D eigenvalue weighted by molar-refractivity contribution is -0.112. The predicted octanol–water partition coefficient (Wildman–Crippen LogP) is 1.91. The van der Waals surface area contributed by atoms with E-state index in [-0.39, 0.29) is 11.8 Å². The van der Waals surface area contributed by atoms with Crippen molar-refractivity contribution in [1.29, 1.82) is 0 Å². The first-order valence-electron chi connectivity index (χ1n) is 7.89. The fourth-order valence-corrected chi connectivity index (χ4v) is 4.10. The predicted molar refractivity (Wildman–Crippen MR) is 98.9 cm³/mol. The molecular formula is C18H13ClN4O2S. The number of aromatic nitrogens is 2. The molecular weight excluding hydrogens is 372 g/mol. The van der Waals surface area contributed by atoms with Crippen molar-refractivity contribution in [1.82, 2.24) is 9.55 Å². The summed E-state index contributed by atoms with van der Waals surface area (Å²) in [4.78, 5) is 26.0. The molecule has 1 aliphatic heterocycles. The molecule has 2 aromatic heterocycles. The number of hydrogen-bond acceptors (Lipinski definition) is 5. The Morgan fingerprint density at radius 1 is 1.31 bits per heavy atom. The first-order chi connectivity index (χ1) is 12.6. The molecule has 3 heterocycles. The summed E-state index contributed by atoms with van der Waals surface area (Å²) in [6, 6.07) is 8.96. The summed E-state index contributed by atoms with van der Waals surface area (Å²) in [5, 5.41) is 12.4. The fraction of sp³-hybridized carbons (Fsp3) is 0.111. The number of para-hydroxylation sites is 1. The van der Waals surface area contributed by atoms with Crippen molar-refractivity contribution < 1.29 is 9.90 Å². The number of thiazole rings is 1. The number of nitrogens with zero attached hydrogens (tertiary/aromatic N) is 4. The second-order valence-corrected chi connectivity index (χ2v) is 6.91. The first-order valence-corrected chi connectivity index (χ1v) is 9.09. The van der Waals surface area contributed by atoms with Gasteiger partial charge in [-0.15, -0.1) is 0 Å².